The summed E-state index contributed by atoms with van der Waals surface area (Å²) in [6.07, 6.45) is 2.73. The van der Waals surface area contributed by atoms with Gasteiger partial charge in [0.2, 0.25) is 0 Å². The Hall–Kier alpha value is -2.31. The van der Waals surface area contributed by atoms with Crippen molar-refractivity contribution in [3.8, 4) is 5.75 Å². The van der Waals surface area contributed by atoms with Crippen LogP contribution in [0.1, 0.15) is 33.1 Å². The Morgan fingerprint density at radius 2 is 2.18 bits per heavy atom. The first-order valence-corrected chi connectivity index (χ1v) is 7.27. The number of pyridine rings is 1. The molecule has 7 heteroatoms. The maximum absolute atomic E-state index is 12.1. The SMILES string of the molecule is CCC(C)NC(=O)COc1cccn(CCCC(=O)O)c1=O. The lowest BCUT2D eigenvalue weighted by Crippen LogP contribution is -2.36. The van der Waals surface area contributed by atoms with E-state index in [9.17, 15) is 14.4 Å². The highest BCUT2D eigenvalue weighted by atomic mass is 16.5. The van der Waals surface area contributed by atoms with Crippen molar-refractivity contribution >= 4 is 11.9 Å². The van der Waals surface area contributed by atoms with Crippen molar-refractivity contribution in [3.63, 3.8) is 0 Å². The molecule has 1 heterocycles. The molecule has 0 radical (unpaired) electrons. The summed E-state index contributed by atoms with van der Waals surface area (Å²) in [6, 6.07) is 3.18. The van der Waals surface area contributed by atoms with Gasteiger partial charge >= 0.3 is 5.97 Å². The van der Waals surface area contributed by atoms with E-state index in [1.54, 1.807) is 12.3 Å². The van der Waals surface area contributed by atoms with Gasteiger partial charge in [-0.05, 0) is 31.9 Å². The first-order chi connectivity index (χ1) is 10.4. The van der Waals surface area contributed by atoms with Gasteiger partial charge in [-0.3, -0.25) is 14.4 Å². The molecule has 1 atom stereocenters. The zero-order valence-electron chi connectivity index (χ0n) is 12.9. The van der Waals surface area contributed by atoms with Crippen LogP contribution in [0.4, 0.5) is 0 Å². The highest BCUT2D eigenvalue weighted by molar-refractivity contribution is 5.77. The van der Waals surface area contributed by atoms with Crippen LogP contribution < -0.4 is 15.6 Å². The first-order valence-electron chi connectivity index (χ1n) is 7.27. The molecule has 0 aliphatic heterocycles. The molecule has 7 nitrogen and oxygen atoms in total. The van der Waals surface area contributed by atoms with Crippen molar-refractivity contribution in [2.45, 2.75) is 45.7 Å². The predicted octanol–water partition coefficient (Wildman–Crippen LogP) is 1.01. The number of hydrogen-bond donors (Lipinski definition) is 2. The topological polar surface area (TPSA) is 97.6 Å². The molecule has 22 heavy (non-hydrogen) atoms. The number of amides is 1. The van der Waals surface area contributed by atoms with Gasteiger partial charge in [-0.1, -0.05) is 6.92 Å². The van der Waals surface area contributed by atoms with E-state index in [2.05, 4.69) is 5.32 Å². The number of carbonyl (C=O) groups is 2. The number of hydrogen-bond acceptors (Lipinski definition) is 4. The summed E-state index contributed by atoms with van der Waals surface area (Å²) in [5.74, 6) is -1.10. The Kier molecular flexibility index (Phi) is 7.15. The van der Waals surface area contributed by atoms with Crippen LogP contribution in [0.25, 0.3) is 0 Å². The van der Waals surface area contributed by atoms with E-state index in [4.69, 9.17) is 9.84 Å². The summed E-state index contributed by atoms with van der Waals surface area (Å²) >= 11 is 0. The highest BCUT2D eigenvalue weighted by Crippen LogP contribution is 2.03. The molecule has 1 amide bonds. The number of aryl methyl sites for hydroxylation is 1. The lowest BCUT2D eigenvalue weighted by Gasteiger charge is -2.12. The number of carbonyl (C=O) groups excluding carboxylic acids is 1. The Balaban J connectivity index is 2.59. The van der Waals surface area contributed by atoms with Crippen molar-refractivity contribution in [2.24, 2.45) is 0 Å². The molecule has 0 saturated carbocycles. The second-order valence-corrected chi connectivity index (χ2v) is 5.03. The van der Waals surface area contributed by atoms with Crippen LogP contribution in [0.5, 0.6) is 5.75 Å². The number of aliphatic carboxylic acids is 1. The summed E-state index contributed by atoms with van der Waals surface area (Å²) in [4.78, 5) is 34.2. The standard InChI is InChI=1S/C15H22N2O5/c1-3-11(2)16-13(18)10-22-12-6-4-8-17(15(12)21)9-5-7-14(19)20/h4,6,8,11H,3,5,7,9-10H2,1-2H3,(H,16,18)(H,19,20). The summed E-state index contributed by atoms with van der Waals surface area (Å²) in [5.41, 5.74) is -0.371. The fourth-order valence-electron chi connectivity index (χ4n) is 1.76. The summed E-state index contributed by atoms with van der Waals surface area (Å²) in [5, 5.41) is 11.3. The van der Waals surface area contributed by atoms with Crippen LogP contribution in [0.15, 0.2) is 23.1 Å². The van der Waals surface area contributed by atoms with Gasteiger partial charge in [0.15, 0.2) is 12.4 Å². The molecule has 0 spiro atoms. The average Bonchev–Trinajstić information content (AvgIpc) is 2.47. The van der Waals surface area contributed by atoms with Gasteiger partial charge in [0, 0.05) is 25.2 Å². The molecule has 0 aliphatic carbocycles. The number of ether oxygens (including phenoxy) is 1. The van der Waals surface area contributed by atoms with Crippen LogP contribution in [0.3, 0.4) is 0 Å². The summed E-state index contributed by atoms with van der Waals surface area (Å²) in [6.45, 7) is 3.91. The lowest BCUT2D eigenvalue weighted by atomic mass is 10.2. The number of nitrogens with one attached hydrogen (secondary N) is 1. The molecule has 0 bridgehead atoms. The Bertz CT molecular complexity index is 567. The number of rotatable bonds is 9. The van der Waals surface area contributed by atoms with Crippen molar-refractivity contribution in [3.05, 3.63) is 28.7 Å². The second-order valence-electron chi connectivity index (χ2n) is 5.03. The second kappa shape index (κ2) is 8.86. The third-order valence-corrected chi connectivity index (χ3v) is 3.15. The molecule has 2 N–H and O–H groups in total. The number of nitrogens with zero attached hydrogens (tertiary/aromatic N) is 1. The maximum Gasteiger partial charge on any atom is 0.303 e. The van der Waals surface area contributed by atoms with E-state index in [1.807, 2.05) is 13.8 Å². The van der Waals surface area contributed by atoms with Crippen molar-refractivity contribution < 1.29 is 19.4 Å². The predicted molar refractivity (Wildman–Crippen MR) is 81.0 cm³/mol. The molecule has 0 aromatic carbocycles. The van der Waals surface area contributed by atoms with Gasteiger partial charge in [0.1, 0.15) is 0 Å². The third-order valence-electron chi connectivity index (χ3n) is 3.15. The van der Waals surface area contributed by atoms with E-state index in [-0.39, 0.29) is 36.3 Å². The maximum atomic E-state index is 12.1. The van der Waals surface area contributed by atoms with Crippen LogP contribution in [-0.4, -0.2) is 34.2 Å². The van der Waals surface area contributed by atoms with Crippen molar-refractivity contribution in [1.29, 1.82) is 0 Å². The van der Waals surface area contributed by atoms with Crippen molar-refractivity contribution in [1.82, 2.24) is 9.88 Å². The van der Waals surface area contributed by atoms with Crippen molar-refractivity contribution in [2.75, 3.05) is 6.61 Å². The normalized spacial score (nSPS) is 11.7. The lowest BCUT2D eigenvalue weighted by molar-refractivity contribution is -0.137. The van der Waals surface area contributed by atoms with E-state index >= 15 is 0 Å². The smallest absolute Gasteiger partial charge is 0.303 e. The van der Waals surface area contributed by atoms with Crippen LogP contribution in [-0.2, 0) is 16.1 Å². The Morgan fingerprint density at radius 3 is 2.82 bits per heavy atom. The quantitative estimate of drug-likeness (QED) is 0.709. The van der Waals surface area contributed by atoms with Gasteiger partial charge in [-0.25, -0.2) is 0 Å². The molecule has 1 unspecified atom stereocenters. The fraction of sp³-hybridized carbons (Fsp3) is 0.533. The Labute approximate surface area is 128 Å². The molecule has 1 rings (SSSR count). The largest absolute Gasteiger partial charge is 0.481 e. The molecule has 1 aromatic rings. The first kappa shape index (κ1) is 17.7. The summed E-state index contributed by atoms with van der Waals surface area (Å²) < 4.78 is 6.63. The van der Waals surface area contributed by atoms with E-state index < -0.39 is 5.97 Å². The minimum atomic E-state index is -0.901. The third kappa shape index (κ3) is 5.99. The van der Waals surface area contributed by atoms with Gasteiger partial charge in [0.05, 0.1) is 0 Å². The van der Waals surface area contributed by atoms with E-state index in [0.717, 1.165) is 6.42 Å². The number of aromatic nitrogens is 1. The van der Waals surface area contributed by atoms with Gasteiger partial charge in [0.25, 0.3) is 11.5 Å². The zero-order valence-corrected chi connectivity index (χ0v) is 12.9. The molecular formula is C15H22N2O5. The molecule has 1 aromatic heterocycles. The molecular weight excluding hydrogens is 288 g/mol. The van der Waals surface area contributed by atoms with Crippen LogP contribution in [0, 0.1) is 0 Å². The monoisotopic (exact) mass is 310 g/mol. The van der Waals surface area contributed by atoms with E-state index in [1.165, 1.54) is 10.6 Å². The van der Waals surface area contributed by atoms with Crippen LogP contribution >= 0.6 is 0 Å². The highest BCUT2D eigenvalue weighted by Gasteiger charge is 2.09. The minimum Gasteiger partial charge on any atom is -0.481 e. The molecule has 0 saturated heterocycles. The van der Waals surface area contributed by atoms with Gasteiger partial charge in [-0.2, -0.15) is 0 Å². The number of carboxylic acids is 1. The Morgan fingerprint density at radius 1 is 1.45 bits per heavy atom. The minimum absolute atomic E-state index is 0.00512. The molecule has 0 aliphatic rings. The van der Waals surface area contributed by atoms with Crippen LogP contribution in [0.2, 0.25) is 0 Å². The van der Waals surface area contributed by atoms with E-state index in [0.29, 0.717) is 13.0 Å². The summed E-state index contributed by atoms with van der Waals surface area (Å²) in [7, 11) is 0. The fourth-order valence-corrected chi connectivity index (χ4v) is 1.76. The average molecular weight is 310 g/mol. The molecule has 0 fully saturated rings. The van der Waals surface area contributed by atoms with Gasteiger partial charge < -0.3 is 19.7 Å². The van der Waals surface area contributed by atoms with Gasteiger partial charge in [-0.15, -0.1) is 0 Å². The number of carboxylic acid groups (broad SMARTS) is 1. The molecule has 122 valence electrons. The zero-order chi connectivity index (χ0) is 16.5.